The number of hydrogen-bond acceptors (Lipinski definition) is 4. The van der Waals surface area contributed by atoms with Crippen molar-refractivity contribution < 1.29 is 13.9 Å². The van der Waals surface area contributed by atoms with Gasteiger partial charge in [-0.3, -0.25) is 4.79 Å². The first kappa shape index (κ1) is 15.3. The number of likely N-dealkylation sites (N-methyl/N-ethyl adjacent to an activating group) is 1. The van der Waals surface area contributed by atoms with Crippen molar-refractivity contribution in [3.05, 3.63) is 30.1 Å². The standard InChI is InChI=1S/C15H20FNO2S/c1-3-19-14(18)15(17-2)9-8-13(10-15)20-12-6-4-11(16)5-7-12/h4-7,13,17H,3,8-10H2,1-2H3. The molecule has 110 valence electrons. The first-order chi connectivity index (χ1) is 9.59. The lowest BCUT2D eigenvalue weighted by Crippen LogP contribution is -2.49. The zero-order valence-electron chi connectivity index (χ0n) is 11.8. The number of carbonyl (C=O) groups is 1. The minimum atomic E-state index is -0.562. The van der Waals surface area contributed by atoms with Gasteiger partial charge in [-0.05, 0) is 57.5 Å². The largest absolute Gasteiger partial charge is 0.465 e. The van der Waals surface area contributed by atoms with Gasteiger partial charge in [-0.2, -0.15) is 0 Å². The SMILES string of the molecule is CCOC(=O)C1(NC)CCC(Sc2ccc(F)cc2)C1. The van der Waals surface area contributed by atoms with Gasteiger partial charge in [-0.15, -0.1) is 11.8 Å². The van der Waals surface area contributed by atoms with Crippen molar-refractivity contribution in [2.75, 3.05) is 13.7 Å². The summed E-state index contributed by atoms with van der Waals surface area (Å²) in [7, 11) is 1.81. The molecule has 0 aliphatic heterocycles. The predicted molar refractivity (Wildman–Crippen MR) is 78.3 cm³/mol. The molecule has 0 heterocycles. The Morgan fingerprint density at radius 1 is 1.50 bits per heavy atom. The molecule has 5 heteroatoms. The molecule has 0 spiro atoms. The maximum atomic E-state index is 12.9. The average Bonchev–Trinajstić information content (AvgIpc) is 2.86. The van der Waals surface area contributed by atoms with Gasteiger partial charge in [0.2, 0.25) is 0 Å². The van der Waals surface area contributed by atoms with Crippen molar-refractivity contribution in [3.8, 4) is 0 Å². The van der Waals surface area contributed by atoms with Gasteiger partial charge < -0.3 is 10.1 Å². The molecule has 20 heavy (non-hydrogen) atoms. The monoisotopic (exact) mass is 297 g/mol. The topological polar surface area (TPSA) is 38.3 Å². The fourth-order valence-corrected chi connectivity index (χ4v) is 3.87. The van der Waals surface area contributed by atoms with Crippen molar-refractivity contribution in [3.63, 3.8) is 0 Å². The van der Waals surface area contributed by atoms with Crippen molar-refractivity contribution in [1.29, 1.82) is 0 Å². The van der Waals surface area contributed by atoms with Crippen LogP contribution in [0.15, 0.2) is 29.2 Å². The second kappa shape index (κ2) is 6.59. The number of ether oxygens (including phenoxy) is 1. The fourth-order valence-electron chi connectivity index (χ4n) is 2.59. The van der Waals surface area contributed by atoms with Gasteiger partial charge in [0, 0.05) is 10.1 Å². The van der Waals surface area contributed by atoms with E-state index in [1.54, 1.807) is 23.9 Å². The van der Waals surface area contributed by atoms with Crippen LogP contribution in [0.4, 0.5) is 4.39 Å². The molecule has 0 radical (unpaired) electrons. The molecular formula is C15H20FNO2S. The lowest BCUT2D eigenvalue weighted by Gasteiger charge is -2.26. The molecule has 0 saturated heterocycles. The summed E-state index contributed by atoms with van der Waals surface area (Å²) in [6.07, 6.45) is 2.47. The summed E-state index contributed by atoms with van der Waals surface area (Å²) >= 11 is 1.70. The molecule has 1 fully saturated rings. The number of halogens is 1. The first-order valence-corrected chi connectivity index (χ1v) is 7.76. The van der Waals surface area contributed by atoms with Gasteiger partial charge in [-0.1, -0.05) is 0 Å². The van der Waals surface area contributed by atoms with Crippen LogP contribution in [0, 0.1) is 5.82 Å². The molecule has 1 saturated carbocycles. The Kier molecular flexibility index (Phi) is 5.05. The Hall–Kier alpha value is -1.07. The summed E-state index contributed by atoms with van der Waals surface area (Å²) < 4.78 is 18.1. The van der Waals surface area contributed by atoms with E-state index >= 15 is 0 Å². The smallest absolute Gasteiger partial charge is 0.326 e. The van der Waals surface area contributed by atoms with Gasteiger partial charge in [0.05, 0.1) is 6.61 Å². The van der Waals surface area contributed by atoms with Crippen LogP contribution < -0.4 is 5.32 Å². The summed E-state index contributed by atoms with van der Waals surface area (Å²) in [6.45, 7) is 2.22. The van der Waals surface area contributed by atoms with E-state index in [1.807, 2.05) is 14.0 Å². The van der Waals surface area contributed by atoms with Crippen LogP contribution in [0.25, 0.3) is 0 Å². The van der Waals surface area contributed by atoms with Crippen LogP contribution in [0.1, 0.15) is 26.2 Å². The molecule has 2 unspecified atom stereocenters. The van der Waals surface area contributed by atoms with Gasteiger partial charge in [0.15, 0.2) is 0 Å². The highest BCUT2D eigenvalue weighted by molar-refractivity contribution is 8.00. The molecule has 3 nitrogen and oxygen atoms in total. The summed E-state index contributed by atoms with van der Waals surface area (Å²) in [4.78, 5) is 13.1. The number of thioether (sulfide) groups is 1. The zero-order chi connectivity index (χ0) is 14.6. The van der Waals surface area contributed by atoms with E-state index < -0.39 is 5.54 Å². The van der Waals surface area contributed by atoms with E-state index in [0.717, 1.165) is 24.2 Å². The van der Waals surface area contributed by atoms with Crippen molar-refractivity contribution in [2.45, 2.75) is 41.9 Å². The number of rotatable bonds is 5. The van der Waals surface area contributed by atoms with Gasteiger partial charge in [0.1, 0.15) is 11.4 Å². The van der Waals surface area contributed by atoms with Crippen LogP contribution in [-0.2, 0) is 9.53 Å². The van der Waals surface area contributed by atoms with Crippen LogP contribution in [0.2, 0.25) is 0 Å². The van der Waals surface area contributed by atoms with E-state index in [0.29, 0.717) is 11.9 Å². The molecule has 1 aromatic rings. The quantitative estimate of drug-likeness (QED) is 0.848. The lowest BCUT2D eigenvalue weighted by molar-refractivity contribution is -0.150. The Morgan fingerprint density at radius 2 is 2.20 bits per heavy atom. The number of carbonyl (C=O) groups excluding carboxylic acids is 1. The van der Waals surface area contributed by atoms with Crippen molar-refractivity contribution >= 4 is 17.7 Å². The molecule has 1 aliphatic rings. The molecule has 0 bridgehead atoms. The minimum Gasteiger partial charge on any atom is -0.465 e. The summed E-state index contributed by atoms with van der Waals surface area (Å²) in [5.74, 6) is -0.387. The number of hydrogen-bond donors (Lipinski definition) is 1. The maximum absolute atomic E-state index is 12.9. The lowest BCUT2D eigenvalue weighted by atomic mass is 9.98. The molecule has 1 aromatic carbocycles. The summed E-state index contributed by atoms with van der Waals surface area (Å²) in [6, 6.07) is 6.50. The molecule has 1 N–H and O–H groups in total. The van der Waals surface area contributed by atoms with Crippen LogP contribution in [0.3, 0.4) is 0 Å². The van der Waals surface area contributed by atoms with E-state index in [9.17, 15) is 9.18 Å². The van der Waals surface area contributed by atoms with Crippen LogP contribution in [0.5, 0.6) is 0 Å². The Morgan fingerprint density at radius 3 is 2.80 bits per heavy atom. The van der Waals surface area contributed by atoms with Gasteiger partial charge in [0.25, 0.3) is 0 Å². The summed E-state index contributed by atoms with van der Waals surface area (Å²) in [5.41, 5.74) is -0.562. The molecule has 2 rings (SSSR count). The third-order valence-electron chi connectivity index (χ3n) is 3.73. The van der Waals surface area contributed by atoms with Crippen LogP contribution in [-0.4, -0.2) is 30.4 Å². The van der Waals surface area contributed by atoms with Crippen molar-refractivity contribution in [2.24, 2.45) is 0 Å². The number of esters is 1. The Labute approximate surface area is 123 Å². The third-order valence-corrected chi connectivity index (χ3v) is 5.01. The second-order valence-corrected chi connectivity index (χ2v) is 6.36. The van der Waals surface area contributed by atoms with E-state index in [-0.39, 0.29) is 11.8 Å². The molecule has 1 aliphatic carbocycles. The van der Waals surface area contributed by atoms with Gasteiger partial charge >= 0.3 is 5.97 Å². The Balaban J connectivity index is 2.00. The highest BCUT2D eigenvalue weighted by Crippen LogP contribution is 2.40. The number of benzene rings is 1. The van der Waals surface area contributed by atoms with E-state index in [2.05, 4.69) is 5.32 Å². The van der Waals surface area contributed by atoms with E-state index in [1.165, 1.54) is 12.1 Å². The molecule has 0 amide bonds. The fraction of sp³-hybridized carbons (Fsp3) is 0.533. The minimum absolute atomic E-state index is 0.162. The second-order valence-electron chi connectivity index (χ2n) is 4.99. The zero-order valence-corrected chi connectivity index (χ0v) is 12.6. The molecule has 0 aromatic heterocycles. The third kappa shape index (κ3) is 3.33. The highest BCUT2D eigenvalue weighted by Gasteiger charge is 2.45. The first-order valence-electron chi connectivity index (χ1n) is 6.88. The van der Waals surface area contributed by atoms with E-state index in [4.69, 9.17) is 4.74 Å². The van der Waals surface area contributed by atoms with Crippen molar-refractivity contribution in [1.82, 2.24) is 5.32 Å². The van der Waals surface area contributed by atoms with Gasteiger partial charge in [-0.25, -0.2) is 4.39 Å². The van der Waals surface area contributed by atoms with Crippen LogP contribution >= 0.6 is 11.8 Å². The maximum Gasteiger partial charge on any atom is 0.326 e. The molecular weight excluding hydrogens is 277 g/mol. The highest BCUT2D eigenvalue weighted by atomic mass is 32.2. The average molecular weight is 297 g/mol. The number of nitrogens with one attached hydrogen (secondary N) is 1. The summed E-state index contributed by atoms with van der Waals surface area (Å²) in [5, 5.41) is 3.48. The Bertz CT molecular complexity index is 465. The molecule has 2 atom stereocenters. The predicted octanol–water partition coefficient (Wildman–Crippen LogP) is 2.99. The normalized spacial score (nSPS) is 25.6.